The quantitative estimate of drug-likeness (QED) is 0.930. The predicted molar refractivity (Wildman–Crippen MR) is 78.2 cm³/mol. The number of piperidine rings is 1. The molecule has 0 atom stereocenters. The second-order valence-corrected chi connectivity index (χ2v) is 5.74. The second-order valence-electron chi connectivity index (χ2n) is 5.74. The summed E-state index contributed by atoms with van der Waals surface area (Å²) >= 11 is 0. The van der Waals surface area contributed by atoms with E-state index in [-0.39, 0.29) is 18.0 Å². The average Bonchev–Trinajstić information content (AvgIpc) is 2.99. The van der Waals surface area contributed by atoms with Crippen molar-refractivity contribution in [1.82, 2.24) is 15.5 Å². The highest BCUT2D eigenvalue weighted by molar-refractivity contribution is 5.85. The number of rotatable bonds is 3. The molecule has 5 nitrogen and oxygen atoms in total. The molecule has 0 radical (unpaired) electrons. The van der Waals surface area contributed by atoms with E-state index in [2.05, 4.69) is 15.5 Å². The fourth-order valence-electron chi connectivity index (χ4n) is 3.28. The van der Waals surface area contributed by atoms with Crippen LogP contribution in [0.25, 0.3) is 0 Å². The van der Waals surface area contributed by atoms with Gasteiger partial charge in [-0.05, 0) is 38.8 Å². The molecule has 0 spiro atoms. The van der Waals surface area contributed by atoms with E-state index in [1.165, 1.54) is 32.1 Å². The van der Waals surface area contributed by atoms with Crippen LogP contribution in [0, 0.1) is 0 Å². The van der Waals surface area contributed by atoms with E-state index in [0.29, 0.717) is 11.8 Å². The number of ether oxygens (including phenoxy) is 1. The van der Waals surface area contributed by atoms with Crippen LogP contribution in [0.3, 0.4) is 0 Å². The average molecular weight is 302 g/mol. The lowest BCUT2D eigenvalue weighted by Crippen LogP contribution is -2.41. The molecule has 0 bridgehead atoms. The number of aromatic nitrogens is 2. The highest BCUT2D eigenvalue weighted by atomic mass is 35.5. The van der Waals surface area contributed by atoms with Crippen LogP contribution in [-0.2, 0) is 10.3 Å². The van der Waals surface area contributed by atoms with Crippen molar-refractivity contribution >= 4 is 12.4 Å². The van der Waals surface area contributed by atoms with E-state index < -0.39 is 0 Å². The van der Waals surface area contributed by atoms with Crippen molar-refractivity contribution in [3.8, 4) is 0 Å². The molecule has 1 aliphatic carbocycles. The Labute approximate surface area is 126 Å². The first kappa shape index (κ1) is 15.7. The Morgan fingerprint density at radius 1 is 1.20 bits per heavy atom. The van der Waals surface area contributed by atoms with Crippen LogP contribution in [0.2, 0.25) is 0 Å². The summed E-state index contributed by atoms with van der Waals surface area (Å²) in [5.41, 5.74) is -0.370. The maximum Gasteiger partial charge on any atom is 0.258 e. The Hall–Kier alpha value is -0.650. The molecule has 0 unspecified atom stereocenters. The molecule has 1 aromatic heterocycles. The largest absolute Gasteiger partial charge is 0.368 e. The van der Waals surface area contributed by atoms with E-state index in [1.807, 2.05) is 0 Å². The lowest BCUT2D eigenvalue weighted by molar-refractivity contribution is -0.0622. The van der Waals surface area contributed by atoms with Crippen LogP contribution < -0.4 is 5.32 Å². The Morgan fingerprint density at radius 2 is 1.90 bits per heavy atom. The summed E-state index contributed by atoms with van der Waals surface area (Å²) in [6.07, 6.45) is 8.10. The minimum atomic E-state index is -0.370. The van der Waals surface area contributed by atoms with Crippen molar-refractivity contribution < 1.29 is 9.26 Å². The van der Waals surface area contributed by atoms with Crippen LogP contribution in [0.15, 0.2) is 4.52 Å². The Balaban J connectivity index is 0.00000147. The second kappa shape index (κ2) is 6.87. The molecule has 1 aromatic rings. The first-order valence-electron chi connectivity index (χ1n) is 7.44. The standard InChI is InChI=1S/C14H23N3O2.ClH/c1-18-14(7-9-15-10-8-14)13-16-12(17-19-13)11-5-3-2-4-6-11;/h11,15H,2-10H2,1H3;1H. The fourth-order valence-corrected chi connectivity index (χ4v) is 3.28. The van der Waals surface area contributed by atoms with Crippen molar-refractivity contribution in [2.45, 2.75) is 56.5 Å². The highest BCUT2D eigenvalue weighted by Crippen LogP contribution is 2.36. The lowest BCUT2D eigenvalue weighted by atomic mass is 9.88. The fraction of sp³-hybridized carbons (Fsp3) is 0.857. The van der Waals surface area contributed by atoms with Crippen molar-refractivity contribution in [2.24, 2.45) is 0 Å². The molecule has 6 heteroatoms. The van der Waals surface area contributed by atoms with Crippen molar-refractivity contribution in [1.29, 1.82) is 0 Å². The third-order valence-corrected chi connectivity index (χ3v) is 4.60. The molecule has 0 amide bonds. The van der Waals surface area contributed by atoms with E-state index in [0.717, 1.165) is 31.8 Å². The van der Waals surface area contributed by atoms with Gasteiger partial charge in [0, 0.05) is 13.0 Å². The van der Waals surface area contributed by atoms with Gasteiger partial charge in [-0.3, -0.25) is 0 Å². The van der Waals surface area contributed by atoms with Crippen molar-refractivity contribution in [3.63, 3.8) is 0 Å². The zero-order chi connectivity index (χ0) is 13.1. The van der Waals surface area contributed by atoms with Gasteiger partial charge < -0.3 is 14.6 Å². The SMILES string of the molecule is COC1(c2nc(C3CCCCC3)no2)CCNCC1.Cl. The number of halogens is 1. The first-order valence-corrected chi connectivity index (χ1v) is 7.44. The number of nitrogens with one attached hydrogen (secondary N) is 1. The van der Waals surface area contributed by atoms with Gasteiger partial charge in [0.05, 0.1) is 0 Å². The monoisotopic (exact) mass is 301 g/mol. The van der Waals surface area contributed by atoms with Gasteiger partial charge in [-0.15, -0.1) is 12.4 Å². The van der Waals surface area contributed by atoms with Gasteiger partial charge in [-0.1, -0.05) is 24.4 Å². The molecule has 2 fully saturated rings. The van der Waals surface area contributed by atoms with Gasteiger partial charge in [0.2, 0.25) is 0 Å². The van der Waals surface area contributed by atoms with Gasteiger partial charge in [-0.2, -0.15) is 4.98 Å². The van der Waals surface area contributed by atoms with Gasteiger partial charge in [0.1, 0.15) is 5.60 Å². The van der Waals surface area contributed by atoms with Crippen LogP contribution in [0.5, 0.6) is 0 Å². The van der Waals surface area contributed by atoms with Crippen molar-refractivity contribution in [2.75, 3.05) is 20.2 Å². The Morgan fingerprint density at radius 3 is 2.55 bits per heavy atom. The molecule has 2 aliphatic rings. The third-order valence-electron chi connectivity index (χ3n) is 4.60. The summed E-state index contributed by atoms with van der Waals surface area (Å²) in [6, 6.07) is 0. The van der Waals surface area contributed by atoms with E-state index >= 15 is 0 Å². The maximum atomic E-state index is 5.73. The minimum absolute atomic E-state index is 0. The molecule has 0 aromatic carbocycles. The van der Waals surface area contributed by atoms with Gasteiger partial charge >= 0.3 is 0 Å². The molecule has 20 heavy (non-hydrogen) atoms. The van der Waals surface area contributed by atoms with Crippen LogP contribution in [-0.4, -0.2) is 30.3 Å². The molecule has 3 rings (SSSR count). The number of hydrogen-bond donors (Lipinski definition) is 1. The molecule has 114 valence electrons. The molecule has 1 saturated carbocycles. The van der Waals surface area contributed by atoms with Gasteiger partial charge in [0.15, 0.2) is 5.82 Å². The predicted octanol–water partition coefficient (Wildman–Crippen LogP) is 2.76. The Bertz CT molecular complexity index is 412. The van der Waals surface area contributed by atoms with E-state index in [1.54, 1.807) is 7.11 Å². The minimum Gasteiger partial charge on any atom is -0.368 e. The number of methoxy groups -OCH3 is 1. The summed E-state index contributed by atoms with van der Waals surface area (Å²) in [7, 11) is 1.75. The normalized spacial score (nSPS) is 23.2. The number of nitrogens with zero attached hydrogens (tertiary/aromatic N) is 2. The summed E-state index contributed by atoms with van der Waals surface area (Å²) in [5, 5.41) is 7.57. The maximum absolute atomic E-state index is 5.73. The third kappa shape index (κ3) is 3.00. The molecular weight excluding hydrogens is 278 g/mol. The topological polar surface area (TPSA) is 60.2 Å². The van der Waals surface area contributed by atoms with E-state index in [9.17, 15) is 0 Å². The summed E-state index contributed by atoms with van der Waals surface area (Å²) < 4.78 is 11.3. The molecule has 1 aliphatic heterocycles. The summed E-state index contributed by atoms with van der Waals surface area (Å²) in [4.78, 5) is 4.67. The Kier molecular flexibility index (Phi) is 5.41. The molecule has 1 saturated heterocycles. The molecular formula is C14H24ClN3O2. The number of hydrogen-bond acceptors (Lipinski definition) is 5. The van der Waals surface area contributed by atoms with Gasteiger partial charge in [0.25, 0.3) is 5.89 Å². The zero-order valence-corrected chi connectivity index (χ0v) is 12.9. The van der Waals surface area contributed by atoms with Crippen LogP contribution in [0.4, 0.5) is 0 Å². The van der Waals surface area contributed by atoms with Crippen molar-refractivity contribution in [3.05, 3.63) is 11.7 Å². The summed E-state index contributed by atoms with van der Waals surface area (Å²) in [6.45, 7) is 1.88. The van der Waals surface area contributed by atoms with Crippen LogP contribution >= 0.6 is 12.4 Å². The zero-order valence-electron chi connectivity index (χ0n) is 12.1. The smallest absolute Gasteiger partial charge is 0.258 e. The summed E-state index contributed by atoms with van der Waals surface area (Å²) in [5.74, 6) is 2.06. The molecule has 1 N–H and O–H groups in total. The molecule has 2 heterocycles. The van der Waals surface area contributed by atoms with Gasteiger partial charge in [-0.25, -0.2) is 0 Å². The van der Waals surface area contributed by atoms with E-state index in [4.69, 9.17) is 9.26 Å². The first-order chi connectivity index (χ1) is 9.34. The lowest BCUT2D eigenvalue weighted by Gasteiger charge is -2.32. The highest BCUT2D eigenvalue weighted by Gasteiger charge is 2.40. The van der Waals surface area contributed by atoms with Crippen LogP contribution in [0.1, 0.15) is 62.6 Å².